The molecule has 1 aromatic heterocycles. The Balaban J connectivity index is 1.53. The number of aromatic nitrogens is 1. The molecule has 0 radical (unpaired) electrons. The largest absolute Gasteiger partial charge is 0.439 e. The maximum atomic E-state index is 12.9. The van der Waals surface area contributed by atoms with Crippen LogP contribution in [0.3, 0.4) is 0 Å². The number of anilines is 1. The lowest BCUT2D eigenvalue weighted by atomic mass is 9.97. The molecule has 0 spiro atoms. The Morgan fingerprint density at radius 2 is 1.64 bits per heavy atom. The van der Waals surface area contributed by atoms with Gasteiger partial charge in [0.15, 0.2) is 0 Å². The van der Waals surface area contributed by atoms with E-state index in [0.29, 0.717) is 22.9 Å². The molecular weight excluding hydrogens is 358 g/mol. The van der Waals surface area contributed by atoms with Gasteiger partial charge in [0, 0.05) is 17.8 Å². The van der Waals surface area contributed by atoms with Crippen LogP contribution in [0.4, 0.5) is 10.5 Å². The van der Waals surface area contributed by atoms with Crippen LogP contribution in [0.5, 0.6) is 11.6 Å². The Bertz CT molecular complexity index is 993. The number of carbonyl (C=O) groups excluding carboxylic acids is 2. The van der Waals surface area contributed by atoms with E-state index in [1.165, 1.54) is 13.1 Å². The zero-order valence-corrected chi connectivity index (χ0v) is 15.0. The van der Waals surface area contributed by atoms with Crippen LogP contribution in [0.25, 0.3) is 0 Å². The molecule has 0 bridgehead atoms. The summed E-state index contributed by atoms with van der Waals surface area (Å²) >= 11 is 0. The van der Waals surface area contributed by atoms with Gasteiger partial charge in [-0.25, -0.2) is 9.78 Å². The monoisotopic (exact) mass is 375 g/mol. The van der Waals surface area contributed by atoms with Crippen molar-refractivity contribution < 1.29 is 19.1 Å². The molecule has 4 rings (SSSR count). The maximum Gasteiger partial charge on any atom is 0.437 e. The highest BCUT2D eigenvalue weighted by Crippen LogP contribution is 2.35. The van der Waals surface area contributed by atoms with Crippen molar-refractivity contribution in [2.45, 2.75) is 12.5 Å². The first-order valence-corrected chi connectivity index (χ1v) is 8.65. The molecule has 0 saturated carbocycles. The van der Waals surface area contributed by atoms with Crippen molar-refractivity contribution in [2.75, 3.05) is 5.43 Å². The molecule has 0 aliphatic carbocycles. The molecule has 140 valence electrons. The molecule has 1 aliphatic rings. The van der Waals surface area contributed by atoms with Crippen molar-refractivity contribution in [2.24, 2.45) is 0 Å². The van der Waals surface area contributed by atoms with Crippen LogP contribution in [0.1, 0.15) is 12.5 Å². The lowest BCUT2D eigenvalue weighted by molar-refractivity contribution is -0.135. The second kappa shape index (κ2) is 7.03. The Labute approximate surface area is 161 Å². The molecule has 7 heteroatoms. The predicted molar refractivity (Wildman–Crippen MR) is 101 cm³/mol. The molecule has 1 saturated heterocycles. The number of amides is 2. The van der Waals surface area contributed by atoms with Gasteiger partial charge in [-0.1, -0.05) is 36.4 Å². The van der Waals surface area contributed by atoms with E-state index >= 15 is 0 Å². The number of carbonyl (C=O) groups is 2. The average molecular weight is 375 g/mol. The standard InChI is InChI=1S/C21H17N3O4/c1-21(15-12-13-18(22-14-15)27-17-10-6-3-7-11-17)19(25)24(20(26)28-21)23-16-8-4-2-5-9-16/h2-14,23H,1H3. The minimum Gasteiger partial charge on any atom is -0.439 e. The fourth-order valence-electron chi connectivity index (χ4n) is 2.81. The minimum atomic E-state index is -1.48. The lowest BCUT2D eigenvalue weighted by Crippen LogP contribution is -2.40. The molecule has 1 fully saturated rings. The summed E-state index contributed by atoms with van der Waals surface area (Å²) in [6, 6.07) is 21.4. The van der Waals surface area contributed by atoms with Gasteiger partial charge >= 0.3 is 6.09 Å². The number of hydrogen-bond acceptors (Lipinski definition) is 6. The van der Waals surface area contributed by atoms with E-state index in [1.807, 2.05) is 36.4 Å². The van der Waals surface area contributed by atoms with E-state index < -0.39 is 17.6 Å². The molecule has 2 heterocycles. The second-order valence-corrected chi connectivity index (χ2v) is 6.32. The molecule has 1 atom stereocenters. The van der Waals surface area contributed by atoms with Gasteiger partial charge in [-0.3, -0.25) is 10.2 Å². The SMILES string of the molecule is CC1(c2ccc(Oc3ccccc3)nc2)OC(=O)N(Nc2ccccc2)C1=O. The van der Waals surface area contributed by atoms with Crippen molar-refractivity contribution in [3.63, 3.8) is 0 Å². The smallest absolute Gasteiger partial charge is 0.437 e. The van der Waals surface area contributed by atoms with Crippen LogP contribution in [-0.2, 0) is 15.1 Å². The highest BCUT2D eigenvalue weighted by atomic mass is 16.6. The number of ether oxygens (including phenoxy) is 2. The number of pyridine rings is 1. The minimum absolute atomic E-state index is 0.370. The molecule has 3 aromatic rings. The Morgan fingerprint density at radius 1 is 0.964 bits per heavy atom. The molecule has 1 N–H and O–H groups in total. The van der Waals surface area contributed by atoms with Gasteiger partial charge in [0.2, 0.25) is 11.5 Å². The molecule has 2 aromatic carbocycles. The van der Waals surface area contributed by atoms with Crippen LogP contribution in [0.15, 0.2) is 79.0 Å². The lowest BCUT2D eigenvalue weighted by Gasteiger charge is -2.20. The van der Waals surface area contributed by atoms with Crippen LogP contribution in [0.2, 0.25) is 0 Å². The first-order chi connectivity index (χ1) is 13.6. The normalized spacial score (nSPS) is 18.7. The fraction of sp³-hybridized carbons (Fsp3) is 0.0952. The van der Waals surface area contributed by atoms with E-state index in [2.05, 4.69) is 10.4 Å². The van der Waals surface area contributed by atoms with Gasteiger partial charge in [-0.05, 0) is 37.3 Å². The zero-order chi connectivity index (χ0) is 19.6. The van der Waals surface area contributed by atoms with Crippen LogP contribution in [0, 0.1) is 0 Å². The Kier molecular flexibility index (Phi) is 4.41. The van der Waals surface area contributed by atoms with Crippen molar-refractivity contribution >= 4 is 17.7 Å². The van der Waals surface area contributed by atoms with Crippen molar-refractivity contribution in [1.29, 1.82) is 0 Å². The number of benzene rings is 2. The highest BCUT2D eigenvalue weighted by molar-refractivity contribution is 6.04. The average Bonchev–Trinajstić information content (AvgIpc) is 2.94. The van der Waals surface area contributed by atoms with Gasteiger partial charge in [0.25, 0.3) is 5.91 Å². The summed E-state index contributed by atoms with van der Waals surface area (Å²) in [7, 11) is 0. The number of nitrogens with one attached hydrogen (secondary N) is 1. The van der Waals surface area contributed by atoms with E-state index in [0.717, 1.165) is 5.01 Å². The van der Waals surface area contributed by atoms with Gasteiger partial charge in [-0.15, -0.1) is 5.01 Å². The first kappa shape index (κ1) is 17.5. The molecule has 7 nitrogen and oxygen atoms in total. The molecule has 2 amide bonds. The maximum absolute atomic E-state index is 12.9. The van der Waals surface area contributed by atoms with Crippen molar-refractivity contribution in [3.05, 3.63) is 84.6 Å². The van der Waals surface area contributed by atoms with Gasteiger partial charge in [-0.2, -0.15) is 0 Å². The third-order valence-electron chi connectivity index (χ3n) is 4.35. The topological polar surface area (TPSA) is 80.8 Å². The molecule has 28 heavy (non-hydrogen) atoms. The molecule has 1 unspecified atom stereocenters. The van der Waals surface area contributed by atoms with E-state index in [1.54, 1.807) is 36.4 Å². The zero-order valence-electron chi connectivity index (χ0n) is 15.0. The number of imide groups is 1. The quantitative estimate of drug-likeness (QED) is 0.723. The summed E-state index contributed by atoms with van der Waals surface area (Å²) in [6.45, 7) is 1.54. The first-order valence-electron chi connectivity index (χ1n) is 8.65. The number of rotatable bonds is 5. The van der Waals surface area contributed by atoms with Gasteiger partial charge in [0.1, 0.15) is 5.75 Å². The third kappa shape index (κ3) is 3.25. The number of para-hydroxylation sites is 2. The van der Waals surface area contributed by atoms with Crippen LogP contribution < -0.4 is 10.2 Å². The van der Waals surface area contributed by atoms with Crippen LogP contribution >= 0.6 is 0 Å². The van der Waals surface area contributed by atoms with Gasteiger partial charge < -0.3 is 9.47 Å². The third-order valence-corrected chi connectivity index (χ3v) is 4.35. The molecule has 1 aliphatic heterocycles. The summed E-state index contributed by atoms with van der Waals surface area (Å²) in [6.07, 6.45) is 0.691. The highest BCUT2D eigenvalue weighted by Gasteiger charge is 2.52. The van der Waals surface area contributed by atoms with Crippen molar-refractivity contribution in [1.82, 2.24) is 9.99 Å². The summed E-state index contributed by atoms with van der Waals surface area (Å²) < 4.78 is 11.0. The summed E-state index contributed by atoms with van der Waals surface area (Å²) in [5, 5.41) is 0.865. The Morgan fingerprint density at radius 3 is 2.29 bits per heavy atom. The number of hydrogen-bond donors (Lipinski definition) is 1. The number of hydrazine groups is 1. The van der Waals surface area contributed by atoms with E-state index in [9.17, 15) is 9.59 Å². The fourth-order valence-corrected chi connectivity index (χ4v) is 2.81. The van der Waals surface area contributed by atoms with Gasteiger partial charge in [0.05, 0.1) is 5.69 Å². The number of nitrogens with zero attached hydrogens (tertiary/aromatic N) is 2. The Hall–Kier alpha value is -3.87. The second-order valence-electron chi connectivity index (χ2n) is 6.32. The van der Waals surface area contributed by atoms with Crippen molar-refractivity contribution in [3.8, 4) is 11.6 Å². The van der Waals surface area contributed by atoms with E-state index in [4.69, 9.17) is 9.47 Å². The molecular formula is C21H17N3O4. The van der Waals surface area contributed by atoms with Crippen LogP contribution in [-0.4, -0.2) is 22.0 Å². The number of cyclic esters (lactones) is 1. The van der Waals surface area contributed by atoms with E-state index in [-0.39, 0.29) is 0 Å². The predicted octanol–water partition coefficient (Wildman–Crippen LogP) is 4.10. The summed E-state index contributed by atoms with van der Waals surface area (Å²) in [4.78, 5) is 29.4. The summed E-state index contributed by atoms with van der Waals surface area (Å²) in [5.74, 6) is 0.491. The summed E-state index contributed by atoms with van der Waals surface area (Å²) in [5.41, 5.74) is 2.35.